The van der Waals surface area contributed by atoms with Gasteiger partial charge in [0, 0.05) is 31.5 Å². The average Bonchev–Trinajstić information content (AvgIpc) is 2.59. The van der Waals surface area contributed by atoms with Crippen molar-refractivity contribution < 1.29 is 9.59 Å². The molecule has 0 radical (unpaired) electrons. The third-order valence-electron chi connectivity index (χ3n) is 3.73. The number of nitrogens with one attached hydrogen (secondary N) is 2. The number of pyridine rings is 1. The summed E-state index contributed by atoms with van der Waals surface area (Å²) in [5, 5.41) is 5.73. The molecule has 132 valence electrons. The van der Waals surface area contributed by atoms with Gasteiger partial charge in [0.15, 0.2) is 0 Å². The summed E-state index contributed by atoms with van der Waals surface area (Å²) in [5.74, 6) is 0.0694. The zero-order chi connectivity index (χ0) is 18.4. The number of nitrogens with zero attached hydrogens (tertiary/aromatic N) is 2. The van der Waals surface area contributed by atoms with Crippen molar-refractivity contribution in [3.05, 3.63) is 59.9 Å². The highest BCUT2D eigenvalue weighted by molar-refractivity contribution is 5.96. The van der Waals surface area contributed by atoms with Crippen molar-refractivity contribution in [1.29, 1.82) is 0 Å². The molecule has 25 heavy (non-hydrogen) atoms. The molecule has 1 heterocycles. The Morgan fingerprint density at radius 2 is 1.84 bits per heavy atom. The molecule has 0 saturated carbocycles. The van der Waals surface area contributed by atoms with Crippen molar-refractivity contribution in [2.75, 3.05) is 19.4 Å². The Hall–Kier alpha value is -2.89. The van der Waals surface area contributed by atoms with E-state index in [9.17, 15) is 9.59 Å². The van der Waals surface area contributed by atoms with E-state index < -0.39 is 0 Å². The summed E-state index contributed by atoms with van der Waals surface area (Å²) in [7, 11) is 3.38. The quantitative estimate of drug-likeness (QED) is 0.877. The summed E-state index contributed by atoms with van der Waals surface area (Å²) < 4.78 is 0. The van der Waals surface area contributed by atoms with Crippen LogP contribution in [0.15, 0.2) is 48.7 Å². The first-order chi connectivity index (χ1) is 11.9. The van der Waals surface area contributed by atoms with Crippen molar-refractivity contribution >= 4 is 17.6 Å². The van der Waals surface area contributed by atoms with Crippen LogP contribution < -0.4 is 10.6 Å². The van der Waals surface area contributed by atoms with Crippen molar-refractivity contribution in [3.63, 3.8) is 0 Å². The molecule has 2 aromatic rings. The topological polar surface area (TPSA) is 74.3 Å². The van der Waals surface area contributed by atoms with Gasteiger partial charge in [0.05, 0.1) is 11.7 Å². The molecule has 1 aromatic heterocycles. The minimum absolute atomic E-state index is 0.113. The van der Waals surface area contributed by atoms with Gasteiger partial charge >= 0.3 is 6.03 Å². The highest BCUT2D eigenvalue weighted by Gasteiger charge is 2.19. The molecule has 3 amide bonds. The number of anilines is 1. The Balaban J connectivity index is 2.09. The zero-order valence-corrected chi connectivity index (χ0v) is 15.0. The summed E-state index contributed by atoms with van der Waals surface area (Å²) in [6.07, 6.45) is 1.71. The highest BCUT2D eigenvalue weighted by atomic mass is 16.2. The van der Waals surface area contributed by atoms with Crippen LogP contribution in [0, 0.1) is 5.92 Å². The van der Waals surface area contributed by atoms with Gasteiger partial charge in [0.1, 0.15) is 0 Å². The van der Waals surface area contributed by atoms with Crippen molar-refractivity contribution in [3.8, 4) is 0 Å². The SMILES string of the molecule is CC(C)[C@H](NC(=O)Nc1cccc(C(=O)N(C)C)c1)c1ccccn1. The maximum atomic E-state index is 12.4. The number of aromatic nitrogens is 1. The second kappa shape index (κ2) is 8.28. The summed E-state index contributed by atoms with van der Waals surface area (Å²) in [4.78, 5) is 30.2. The van der Waals surface area contributed by atoms with Crippen LogP contribution in [0.5, 0.6) is 0 Å². The van der Waals surface area contributed by atoms with Gasteiger partial charge in [-0.1, -0.05) is 26.0 Å². The molecule has 6 nitrogen and oxygen atoms in total. The molecule has 0 spiro atoms. The van der Waals surface area contributed by atoms with Gasteiger partial charge in [-0.25, -0.2) is 4.79 Å². The summed E-state index contributed by atoms with van der Waals surface area (Å²) in [6, 6.07) is 12.0. The Morgan fingerprint density at radius 3 is 2.44 bits per heavy atom. The van der Waals surface area contributed by atoms with Crippen LogP contribution in [-0.4, -0.2) is 35.9 Å². The molecule has 0 saturated heterocycles. The van der Waals surface area contributed by atoms with E-state index in [-0.39, 0.29) is 23.9 Å². The lowest BCUT2D eigenvalue weighted by Crippen LogP contribution is -2.35. The third-order valence-corrected chi connectivity index (χ3v) is 3.73. The van der Waals surface area contributed by atoms with E-state index in [1.165, 1.54) is 4.90 Å². The minimum Gasteiger partial charge on any atom is -0.345 e. The van der Waals surface area contributed by atoms with E-state index in [0.717, 1.165) is 5.69 Å². The molecule has 0 bridgehead atoms. The number of amides is 3. The molecule has 0 unspecified atom stereocenters. The molecular formula is C19H24N4O2. The normalized spacial score (nSPS) is 11.7. The molecule has 2 rings (SSSR count). The molecule has 0 aliphatic rings. The Morgan fingerprint density at radius 1 is 1.08 bits per heavy atom. The average molecular weight is 340 g/mol. The van der Waals surface area contributed by atoms with E-state index in [0.29, 0.717) is 11.3 Å². The predicted molar refractivity (Wildman–Crippen MR) is 98.4 cm³/mol. The first-order valence-corrected chi connectivity index (χ1v) is 8.18. The first-order valence-electron chi connectivity index (χ1n) is 8.18. The summed E-state index contributed by atoms with van der Waals surface area (Å²) in [6.45, 7) is 4.05. The lowest BCUT2D eigenvalue weighted by molar-refractivity contribution is 0.0827. The van der Waals surface area contributed by atoms with Crippen molar-refractivity contribution in [2.24, 2.45) is 5.92 Å². The van der Waals surface area contributed by atoms with E-state index in [2.05, 4.69) is 15.6 Å². The molecule has 0 aliphatic carbocycles. The monoisotopic (exact) mass is 340 g/mol. The van der Waals surface area contributed by atoms with Crippen LogP contribution in [0.2, 0.25) is 0 Å². The fourth-order valence-corrected chi connectivity index (χ4v) is 2.44. The summed E-state index contributed by atoms with van der Waals surface area (Å²) >= 11 is 0. The number of hydrogen-bond acceptors (Lipinski definition) is 3. The second-order valence-electron chi connectivity index (χ2n) is 6.36. The molecule has 1 aromatic carbocycles. The van der Waals surface area contributed by atoms with Crippen LogP contribution >= 0.6 is 0 Å². The lowest BCUT2D eigenvalue weighted by Gasteiger charge is -2.22. The lowest BCUT2D eigenvalue weighted by atomic mass is 10.0. The van der Waals surface area contributed by atoms with Crippen molar-refractivity contribution in [1.82, 2.24) is 15.2 Å². The summed E-state index contributed by atoms with van der Waals surface area (Å²) in [5.41, 5.74) is 1.89. The van der Waals surface area contributed by atoms with Gasteiger partial charge in [-0.15, -0.1) is 0 Å². The number of benzene rings is 1. The standard InChI is InChI=1S/C19H24N4O2/c1-13(2)17(16-10-5-6-11-20-16)22-19(25)21-15-9-7-8-14(12-15)18(24)23(3)4/h5-13,17H,1-4H3,(H2,21,22,25)/t17-/m0/s1. The minimum atomic E-state index is -0.334. The van der Waals surface area contributed by atoms with Crippen LogP contribution in [0.1, 0.15) is 35.9 Å². The maximum Gasteiger partial charge on any atom is 0.319 e. The van der Waals surface area contributed by atoms with Gasteiger partial charge in [-0.05, 0) is 36.2 Å². The number of hydrogen-bond donors (Lipinski definition) is 2. The maximum absolute atomic E-state index is 12.4. The van der Waals surface area contributed by atoms with Gasteiger partial charge in [0.25, 0.3) is 5.91 Å². The zero-order valence-electron chi connectivity index (χ0n) is 15.0. The van der Waals surface area contributed by atoms with E-state index in [1.807, 2.05) is 32.0 Å². The van der Waals surface area contributed by atoms with Gasteiger partial charge in [-0.2, -0.15) is 0 Å². The molecular weight excluding hydrogens is 316 g/mol. The third kappa shape index (κ3) is 5.04. The Labute approximate surface area is 148 Å². The molecule has 1 atom stereocenters. The van der Waals surface area contributed by atoms with Gasteiger partial charge < -0.3 is 15.5 Å². The Kier molecular flexibility index (Phi) is 6.11. The number of rotatable bonds is 5. The fourth-order valence-electron chi connectivity index (χ4n) is 2.44. The molecule has 0 aliphatic heterocycles. The predicted octanol–water partition coefficient (Wildman–Crippen LogP) is 3.30. The second-order valence-corrected chi connectivity index (χ2v) is 6.36. The Bertz CT molecular complexity index is 729. The van der Waals surface area contributed by atoms with E-state index in [4.69, 9.17) is 0 Å². The molecule has 0 fully saturated rings. The highest BCUT2D eigenvalue weighted by Crippen LogP contribution is 2.20. The van der Waals surface area contributed by atoms with Gasteiger partial charge in [0.2, 0.25) is 0 Å². The largest absolute Gasteiger partial charge is 0.345 e. The number of urea groups is 1. The number of carbonyl (C=O) groups excluding carboxylic acids is 2. The van der Waals surface area contributed by atoms with E-state index in [1.54, 1.807) is 44.6 Å². The first kappa shape index (κ1) is 18.4. The molecule has 2 N–H and O–H groups in total. The number of carbonyl (C=O) groups is 2. The van der Waals surface area contributed by atoms with Crippen LogP contribution in [-0.2, 0) is 0 Å². The van der Waals surface area contributed by atoms with Crippen LogP contribution in [0.4, 0.5) is 10.5 Å². The van der Waals surface area contributed by atoms with Crippen LogP contribution in [0.3, 0.4) is 0 Å². The molecule has 6 heteroatoms. The van der Waals surface area contributed by atoms with Crippen molar-refractivity contribution in [2.45, 2.75) is 19.9 Å². The smallest absolute Gasteiger partial charge is 0.319 e. The fraction of sp³-hybridized carbons (Fsp3) is 0.316. The van der Waals surface area contributed by atoms with Gasteiger partial charge in [-0.3, -0.25) is 9.78 Å². The van der Waals surface area contributed by atoms with E-state index >= 15 is 0 Å². The van der Waals surface area contributed by atoms with Crippen LogP contribution in [0.25, 0.3) is 0 Å².